The summed E-state index contributed by atoms with van der Waals surface area (Å²) in [5.41, 5.74) is 6.14. The molecule has 1 aromatic heterocycles. The molecule has 4 heteroatoms. The Bertz CT molecular complexity index is 368. The van der Waals surface area contributed by atoms with Gasteiger partial charge in [-0.2, -0.15) is 0 Å². The predicted octanol–water partition coefficient (Wildman–Crippen LogP) is 0.539. The van der Waals surface area contributed by atoms with Gasteiger partial charge in [0.25, 0.3) is 5.56 Å². The van der Waals surface area contributed by atoms with Crippen LogP contribution in [0.2, 0.25) is 0 Å². The van der Waals surface area contributed by atoms with Crippen molar-refractivity contribution in [2.75, 3.05) is 6.54 Å². The van der Waals surface area contributed by atoms with Crippen molar-refractivity contribution >= 4 is 0 Å². The number of aryl methyl sites for hydroxylation is 1. The van der Waals surface area contributed by atoms with Gasteiger partial charge in [-0.3, -0.25) is 4.79 Å². The van der Waals surface area contributed by atoms with Crippen LogP contribution in [0.3, 0.4) is 0 Å². The fourth-order valence-electron chi connectivity index (χ4n) is 1.47. The molecule has 1 heterocycles. The Morgan fingerprint density at radius 1 is 1.57 bits per heavy atom. The smallest absolute Gasteiger partial charge is 0.254 e. The molecular formula is C10H15N3O. The van der Waals surface area contributed by atoms with Crippen LogP contribution in [0.5, 0.6) is 0 Å². The zero-order valence-corrected chi connectivity index (χ0v) is 8.12. The average molecular weight is 193 g/mol. The van der Waals surface area contributed by atoms with Gasteiger partial charge in [0.2, 0.25) is 0 Å². The molecule has 1 aliphatic carbocycles. The standard InChI is InChI=1S/C10H15N3O/c11-5-1-2-8-6-12-9(7-3-4-7)13-10(8)14/h6-7H,1-5,11H2,(H,12,13,14). The first-order chi connectivity index (χ1) is 6.81. The molecule has 76 valence electrons. The van der Waals surface area contributed by atoms with E-state index in [2.05, 4.69) is 9.97 Å². The van der Waals surface area contributed by atoms with Crippen LogP contribution in [0, 0.1) is 0 Å². The van der Waals surface area contributed by atoms with E-state index in [0.717, 1.165) is 37.1 Å². The largest absolute Gasteiger partial charge is 0.330 e. The van der Waals surface area contributed by atoms with Gasteiger partial charge in [0.05, 0.1) is 0 Å². The zero-order chi connectivity index (χ0) is 9.97. The molecule has 0 amide bonds. The summed E-state index contributed by atoms with van der Waals surface area (Å²) >= 11 is 0. The second kappa shape index (κ2) is 3.92. The zero-order valence-electron chi connectivity index (χ0n) is 8.12. The summed E-state index contributed by atoms with van der Waals surface area (Å²) in [6, 6.07) is 0. The molecule has 0 aromatic carbocycles. The SMILES string of the molecule is NCCCc1cnc(C2CC2)[nH]c1=O. The molecule has 4 nitrogen and oxygen atoms in total. The van der Waals surface area contributed by atoms with Crippen molar-refractivity contribution < 1.29 is 0 Å². The Balaban J connectivity index is 2.14. The fraction of sp³-hybridized carbons (Fsp3) is 0.600. The summed E-state index contributed by atoms with van der Waals surface area (Å²) in [4.78, 5) is 18.6. The number of aromatic nitrogens is 2. The van der Waals surface area contributed by atoms with E-state index >= 15 is 0 Å². The topological polar surface area (TPSA) is 71.8 Å². The normalized spacial score (nSPS) is 15.8. The summed E-state index contributed by atoms with van der Waals surface area (Å²) in [5.74, 6) is 1.36. The highest BCUT2D eigenvalue weighted by atomic mass is 16.1. The predicted molar refractivity (Wildman–Crippen MR) is 54.2 cm³/mol. The van der Waals surface area contributed by atoms with Gasteiger partial charge in [-0.1, -0.05) is 0 Å². The minimum absolute atomic E-state index is 0.00958. The quantitative estimate of drug-likeness (QED) is 0.733. The average Bonchev–Trinajstić information content (AvgIpc) is 2.99. The monoisotopic (exact) mass is 193 g/mol. The van der Waals surface area contributed by atoms with E-state index in [9.17, 15) is 4.79 Å². The number of rotatable bonds is 4. The lowest BCUT2D eigenvalue weighted by Gasteiger charge is -2.00. The Labute approximate surface area is 82.6 Å². The third kappa shape index (κ3) is 2.01. The van der Waals surface area contributed by atoms with E-state index in [4.69, 9.17) is 5.73 Å². The Kier molecular flexibility index (Phi) is 2.63. The number of aromatic amines is 1. The van der Waals surface area contributed by atoms with Gasteiger partial charge < -0.3 is 10.7 Å². The number of nitrogens with one attached hydrogen (secondary N) is 1. The van der Waals surface area contributed by atoms with E-state index in [0.29, 0.717) is 12.5 Å². The van der Waals surface area contributed by atoms with E-state index in [-0.39, 0.29) is 5.56 Å². The molecule has 14 heavy (non-hydrogen) atoms. The fourth-order valence-corrected chi connectivity index (χ4v) is 1.47. The van der Waals surface area contributed by atoms with Crippen molar-refractivity contribution in [2.24, 2.45) is 5.73 Å². The molecule has 1 fully saturated rings. The van der Waals surface area contributed by atoms with Gasteiger partial charge in [-0.05, 0) is 32.2 Å². The van der Waals surface area contributed by atoms with Crippen LogP contribution in [-0.4, -0.2) is 16.5 Å². The van der Waals surface area contributed by atoms with E-state index in [1.165, 1.54) is 0 Å². The van der Waals surface area contributed by atoms with Gasteiger partial charge in [-0.25, -0.2) is 4.98 Å². The highest BCUT2D eigenvalue weighted by molar-refractivity contribution is 5.11. The molecule has 0 aliphatic heterocycles. The molecule has 0 spiro atoms. The Morgan fingerprint density at radius 2 is 2.36 bits per heavy atom. The molecular weight excluding hydrogens is 178 g/mol. The van der Waals surface area contributed by atoms with Crippen LogP contribution in [0.15, 0.2) is 11.0 Å². The van der Waals surface area contributed by atoms with Crippen LogP contribution < -0.4 is 11.3 Å². The lowest BCUT2D eigenvalue weighted by molar-refractivity contribution is 0.799. The van der Waals surface area contributed by atoms with Crippen LogP contribution in [-0.2, 0) is 6.42 Å². The maximum Gasteiger partial charge on any atom is 0.254 e. The molecule has 0 atom stereocenters. The van der Waals surface area contributed by atoms with Crippen LogP contribution >= 0.6 is 0 Å². The van der Waals surface area contributed by atoms with Crippen molar-refractivity contribution in [3.8, 4) is 0 Å². The third-order valence-electron chi connectivity index (χ3n) is 2.51. The van der Waals surface area contributed by atoms with Crippen LogP contribution in [0.4, 0.5) is 0 Å². The van der Waals surface area contributed by atoms with Gasteiger partial charge in [-0.15, -0.1) is 0 Å². The summed E-state index contributed by atoms with van der Waals surface area (Å²) < 4.78 is 0. The first-order valence-electron chi connectivity index (χ1n) is 5.09. The van der Waals surface area contributed by atoms with E-state index in [1.54, 1.807) is 6.20 Å². The minimum Gasteiger partial charge on any atom is -0.330 e. The van der Waals surface area contributed by atoms with Gasteiger partial charge in [0.15, 0.2) is 0 Å². The van der Waals surface area contributed by atoms with Gasteiger partial charge in [0, 0.05) is 17.7 Å². The number of hydrogen-bond donors (Lipinski definition) is 2. The number of H-pyrrole nitrogens is 1. The first kappa shape index (κ1) is 9.40. The first-order valence-corrected chi connectivity index (χ1v) is 5.09. The maximum absolute atomic E-state index is 11.5. The lowest BCUT2D eigenvalue weighted by atomic mass is 10.2. The van der Waals surface area contributed by atoms with Crippen molar-refractivity contribution in [3.63, 3.8) is 0 Å². The van der Waals surface area contributed by atoms with Gasteiger partial charge >= 0.3 is 0 Å². The van der Waals surface area contributed by atoms with Gasteiger partial charge in [0.1, 0.15) is 5.82 Å². The number of hydrogen-bond acceptors (Lipinski definition) is 3. The summed E-state index contributed by atoms with van der Waals surface area (Å²) in [6.07, 6.45) is 5.58. The maximum atomic E-state index is 11.5. The van der Waals surface area contributed by atoms with Crippen molar-refractivity contribution in [2.45, 2.75) is 31.6 Å². The highest BCUT2D eigenvalue weighted by Crippen LogP contribution is 2.37. The molecule has 0 saturated heterocycles. The molecule has 0 radical (unpaired) electrons. The molecule has 1 saturated carbocycles. The lowest BCUT2D eigenvalue weighted by Crippen LogP contribution is -2.16. The number of nitrogens with zero attached hydrogens (tertiary/aromatic N) is 1. The van der Waals surface area contributed by atoms with E-state index in [1.807, 2.05) is 0 Å². The summed E-state index contributed by atoms with van der Waals surface area (Å²) in [7, 11) is 0. The molecule has 1 aliphatic rings. The van der Waals surface area contributed by atoms with E-state index < -0.39 is 0 Å². The molecule has 3 N–H and O–H groups in total. The van der Waals surface area contributed by atoms with Crippen molar-refractivity contribution in [1.29, 1.82) is 0 Å². The molecule has 1 aromatic rings. The van der Waals surface area contributed by atoms with Crippen molar-refractivity contribution in [3.05, 3.63) is 27.9 Å². The van der Waals surface area contributed by atoms with Crippen molar-refractivity contribution in [1.82, 2.24) is 9.97 Å². The summed E-state index contributed by atoms with van der Waals surface area (Å²) in [6.45, 7) is 0.615. The Morgan fingerprint density at radius 3 is 2.93 bits per heavy atom. The van der Waals surface area contributed by atoms with Crippen LogP contribution in [0.25, 0.3) is 0 Å². The third-order valence-corrected chi connectivity index (χ3v) is 2.51. The second-order valence-electron chi connectivity index (χ2n) is 3.79. The molecule has 0 bridgehead atoms. The number of nitrogens with two attached hydrogens (primary N) is 1. The summed E-state index contributed by atoms with van der Waals surface area (Å²) in [5, 5.41) is 0. The molecule has 2 rings (SSSR count). The molecule has 0 unspecified atom stereocenters. The highest BCUT2D eigenvalue weighted by Gasteiger charge is 2.25. The second-order valence-corrected chi connectivity index (χ2v) is 3.79. The Hall–Kier alpha value is -1.16. The minimum atomic E-state index is 0.00958. The van der Waals surface area contributed by atoms with Crippen LogP contribution in [0.1, 0.15) is 36.6 Å².